The Morgan fingerprint density at radius 2 is 2.12 bits per heavy atom. The largest absolute Gasteiger partial charge is 0.504 e. The number of benzene rings is 1. The molecule has 0 amide bonds. The molecule has 17 heavy (non-hydrogen) atoms. The number of phenolic OH excluding ortho intramolecular Hbond substituents is 1. The number of hydrogen-bond acceptors (Lipinski definition) is 4. The van der Waals surface area contributed by atoms with Crippen LogP contribution in [0.2, 0.25) is 5.02 Å². The number of aldehydes is 1. The van der Waals surface area contributed by atoms with Gasteiger partial charge in [-0.1, -0.05) is 18.5 Å². The molecule has 1 aromatic rings. The molecule has 0 spiro atoms. The quantitative estimate of drug-likeness (QED) is 0.825. The molecular formula is C12H15ClO4. The van der Waals surface area contributed by atoms with Gasteiger partial charge in [0.25, 0.3) is 0 Å². The predicted octanol–water partition coefficient (Wildman–Crippen LogP) is 2.76. The van der Waals surface area contributed by atoms with E-state index in [1.807, 2.05) is 0 Å². The minimum Gasteiger partial charge on any atom is -0.504 e. The fraction of sp³-hybridized carbons (Fsp3) is 0.417. The minimum atomic E-state index is -0.181. The molecule has 4 nitrogen and oxygen atoms in total. The molecule has 0 aliphatic carbocycles. The molecule has 0 saturated carbocycles. The second kappa shape index (κ2) is 5.77. The first-order valence-corrected chi connectivity index (χ1v) is 5.51. The molecule has 0 aromatic heterocycles. The highest BCUT2D eigenvalue weighted by Crippen LogP contribution is 2.46. The number of ether oxygens (including phenoxy) is 2. The lowest BCUT2D eigenvalue weighted by Crippen LogP contribution is -2.00. The van der Waals surface area contributed by atoms with Crippen LogP contribution in [0, 0.1) is 0 Å². The maximum Gasteiger partial charge on any atom is 0.203 e. The van der Waals surface area contributed by atoms with Crippen LogP contribution < -0.4 is 9.47 Å². The summed E-state index contributed by atoms with van der Waals surface area (Å²) in [4.78, 5) is 10.5. The third-order valence-electron chi connectivity index (χ3n) is 2.58. The van der Waals surface area contributed by atoms with Crippen molar-refractivity contribution in [2.24, 2.45) is 0 Å². The van der Waals surface area contributed by atoms with Crippen LogP contribution in [-0.2, 0) is 4.79 Å². The lowest BCUT2D eigenvalue weighted by Gasteiger charge is -2.17. The molecule has 94 valence electrons. The molecule has 0 fully saturated rings. The molecule has 1 N–H and O–H groups in total. The van der Waals surface area contributed by atoms with E-state index in [1.54, 1.807) is 13.0 Å². The lowest BCUT2D eigenvalue weighted by molar-refractivity contribution is -0.108. The smallest absolute Gasteiger partial charge is 0.203 e. The Morgan fingerprint density at radius 1 is 1.47 bits per heavy atom. The first-order valence-electron chi connectivity index (χ1n) is 5.13. The van der Waals surface area contributed by atoms with Gasteiger partial charge in [0, 0.05) is 18.1 Å². The van der Waals surface area contributed by atoms with E-state index in [4.69, 9.17) is 21.1 Å². The van der Waals surface area contributed by atoms with Gasteiger partial charge in [0.05, 0.1) is 19.2 Å². The Balaban J connectivity index is 3.35. The highest BCUT2D eigenvalue weighted by molar-refractivity contribution is 6.32. The van der Waals surface area contributed by atoms with Crippen LogP contribution in [-0.4, -0.2) is 25.6 Å². The molecule has 5 heteroatoms. The van der Waals surface area contributed by atoms with Crippen molar-refractivity contribution < 1.29 is 19.4 Å². The molecule has 0 saturated heterocycles. The average Bonchev–Trinajstić information content (AvgIpc) is 2.28. The molecule has 0 bridgehead atoms. The van der Waals surface area contributed by atoms with E-state index >= 15 is 0 Å². The van der Waals surface area contributed by atoms with Gasteiger partial charge >= 0.3 is 0 Å². The molecule has 0 radical (unpaired) electrons. The number of halogens is 1. The second-order valence-corrected chi connectivity index (χ2v) is 4.07. The van der Waals surface area contributed by atoms with E-state index in [0.717, 1.165) is 6.29 Å². The van der Waals surface area contributed by atoms with Crippen LogP contribution >= 0.6 is 11.6 Å². The van der Waals surface area contributed by atoms with Crippen LogP contribution in [0.15, 0.2) is 6.07 Å². The lowest BCUT2D eigenvalue weighted by atomic mass is 9.96. The molecule has 1 rings (SSSR count). The Labute approximate surface area is 105 Å². The van der Waals surface area contributed by atoms with Gasteiger partial charge in [0.2, 0.25) is 5.75 Å². The summed E-state index contributed by atoms with van der Waals surface area (Å²) in [6, 6.07) is 1.57. The van der Waals surface area contributed by atoms with E-state index in [2.05, 4.69) is 0 Å². The van der Waals surface area contributed by atoms with E-state index < -0.39 is 0 Å². The van der Waals surface area contributed by atoms with E-state index in [9.17, 15) is 9.90 Å². The van der Waals surface area contributed by atoms with Gasteiger partial charge < -0.3 is 19.4 Å². The van der Waals surface area contributed by atoms with Crippen LogP contribution in [0.3, 0.4) is 0 Å². The number of carbonyl (C=O) groups is 1. The van der Waals surface area contributed by atoms with Crippen molar-refractivity contribution in [3.63, 3.8) is 0 Å². The Hall–Kier alpha value is -1.42. The third-order valence-corrected chi connectivity index (χ3v) is 2.89. The monoisotopic (exact) mass is 258 g/mol. The molecular weight excluding hydrogens is 244 g/mol. The zero-order chi connectivity index (χ0) is 13.0. The fourth-order valence-electron chi connectivity index (χ4n) is 1.69. The predicted molar refractivity (Wildman–Crippen MR) is 65.3 cm³/mol. The Kier molecular flexibility index (Phi) is 4.63. The number of methoxy groups -OCH3 is 2. The number of aromatic hydroxyl groups is 1. The molecule has 1 aromatic carbocycles. The minimum absolute atomic E-state index is 0.0776. The number of hydrogen-bond donors (Lipinski definition) is 1. The third kappa shape index (κ3) is 2.64. The molecule has 1 atom stereocenters. The van der Waals surface area contributed by atoms with Crippen molar-refractivity contribution in [3.05, 3.63) is 16.7 Å². The first kappa shape index (κ1) is 13.6. The summed E-state index contributed by atoms with van der Waals surface area (Å²) in [5.41, 5.74) is 0.497. The highest BCUT2D eigenvalue weighted by Gasteiger charge is 2.22. The van der Waals surface area contributed by atoms with Gasteiger partial charge in [0.15, 0.2) is 11.5 Å². The van der Waals surface area contributed by atoms with Gasteiger partial charge in [-0.2, -0.15) is 0 Å². The van der Waals surface area contributed by atoms with Crippen molar-refractivity contribution in [2.45, 2.75) is 19.3 Å². The fourth-order valence-corrected chi connectivity index (χ4v) is 2.07. The summed E-state index contributed by atoms with van der Waals surface area (Å²) < 4.78 is 10.1. The first-order chi connectivity index (χ1) is 8.06. The van der Waals surface area contributed by atoms with E-state index in [-0.39, 0.29) is 23.8 Å². The maximum atomic E-state index is 10.5. The van der Waals surface area contributed by atoms with Crippen molar-refractivity contribution in [2.75, 3.05) is 14.2 Å². The van der Waals surface area contributed by atoms with Crippen molar-refractivity contribution >= 4 is 17.9 Å². The zero-order valence-electron chi connectivity index (χ0n) is 9.99. The van der Waals surface area contributed by atoms with Crippen molar-refractivity contribution in [1.82, 2.24) is 0 Å². The SMILES string of the molecule is COc1cc(Cl)c(C(C)CC=O)c(O)c1OC. The summed E-state index contributed by atoms with van der Waals surface area (Å²) in [6.45, 7) is 1.81. The van der Waals surface area contributed by atoms with Crippen molar-refractivity contribution in [3.8, 4) is 17.2 Å². The average molecular weight is 259 g/mol. The number of carbonyl (C=O) groups excluding carboxylic acids is 1. The molecule has 0 heterocycles. The van der Waals surface area contributed by atoms with Gasteiger partial charge in [-0.3, -0.25) is 0 Å². The Bertz CT molecular complexity index is 417. The Morgan fingerprint density at radius 3 is 2.59 bits per heavy atom. The summed E-state index contributed by atoms with van der Waals surface area (Å²) in [7, 11) is 2.89. The molecule has 1 unspecified atom stereocenters. The highest BCUT2D eigenvalue weighted by atomic mass is 35.5. The summed E-state index contributed by atoms with van der Waals surface area (Å²) in [5, 5.41) is 10.4. The second-order valence-electron chi connectivity index (χ2n) is 3.66. The summed E-state index contributed by atoms with van der Waals surface area (Å²) in [5.74, 6) is 0.327. The molecule has 0 aliphatic heterocycles. The number of phenols is 1. The van der Waals surface area contributed by atoms with E-state index in [1.165, 1.54) is 14.2 Å². The topological polar surface area (TPSA) is 55.8 Å². The van der Waals surface area contributed by atoms with Crippen LogP contribution in [0.25, 0.3) is 0 Å². The van der Waals surface area contributed by atoms with Gasteiger partial charge in [-0.15, -0.1) is 0 Å². The summed E-state index contributed by atoms with van der Waals surface area (Å²) >= 11 is 6.06. The summed E-state index contributed by atoms with van der Waals surface area (Å²) in [6.07, 6.45) is 1.07. The van der Waals surface area contributed by atoms with Gasteiger partial charge in [0.1, 0.15) is 6.29 Å². The molecule has 0 aliphatic rings. The van der Waals surface area contributed by atoms with Crippen LogP contribution in [0.4, 0.5) is 0 Å². The van der Waals surface area contributed by atoms with Crippen LogP contribution in [0.1, 0.15) is 24.8 Å². The zero-order valence-corrected chi connectivity index (χ0v) is 10.7. The van der Waals surface area contributed by atoms with Crippen LogP contribution in [0.5, 0.6) is 17.2 Å². The van der Waals surface area contributed by atoms with Gasteiger partial charge in [-0.25, -0.2) is 0 Å². The maximum absolute atomic E-state index is 10.5. The standard InChI is InChI=1S/C12H15ClO4/c1-7(4-5-14)10-8(13)6-9(16-2)12(17-3)11(10)15/h5-7,15H,4H2,1-3H3. The van der Waals surface area contributed by atoms with Gasteiger partial charge in [-0.05, 0) is 5.92 Å². The van der Waals surface area contributed by atoms with E-state index in [0.29, 0.717) is 16.3 Å². The van der Waals surface area contributed by atoms with Crippen molar-refractivity contribution in [1.29, 1.82) is 0 Å². The normalized spacial score (nSPS) is 12.0. The number of rotatable bonds is 5.